The number of aryl methyl sites for hydroxylation is 1. The number of methoxy groups -OCH3 is 3. The summed E-state index contributed by atoms with van der Waals surface area (Å²) in [5, 5.41) is 7.45. The van der Waals surface area contributed by atoms with Crippen molar-refractivity contribution in [2.24, 2.45) is 0 Å². The number of benzene rings is 2. The number of pyridine rings is 1. The first-order chi connectivity index (χ1) is 17.5. The van der Waals surface area contributed by atoms with E-state index < -0.39 is 6.09 Å². The van der Waals surface area contributed by atoms with Gasteiger partial charge in [0, 0.05) is 30.9 Å². The molecule has 0 fully saturated rings. The first kappa shape index (κ1) is 25.0. The van der Waals surface area contributed by atoms with Gasteiger partial charge in [-0.1, -0.05) is 24.2 Å². The summed E-state index contributed by atoms with van der Waals surface area (Å²) in [6.45, 7) is 2.39. The van der Waals surface area contributed by atoms with Gasteiger partial charge >= 0.3 is 6.09 Å². The summed E-state index contributed by atoms with van der Waals surface area (Å²) in [4.78, 5) is 16.4. The molecule has 4 aromatic rings. The van der Waals surface area contributed by atoms with Gasteiger partial charge in [-0.05, 0) is 41.6 Å². The summed E-state index contributed by atoms with van der Waals surface area (Å²) >= 11 is 1.38. The number of anilines is 1. The number of hydrogen-bond donors (Lipinski definition) is 2. The molecule has 0 aliphatic carbocycles. The van der Waals surface area contributed by atoms with Crippen molar-refractivity contribution in [1.82, 2.24) is 15.5 Å². The van der Waals surface area contributed by atoms with Crippen molar-refractivity contribution in [3.63, 3.8) is 0 Å². The summed E-state index contributed by atoms with van der Waals surface area (Å²) in [7, 11) is 4.52. The average molecular weight is 511 g/mol. The van der Waals surface area contributed by atoms with E-state index in [2.05, 4.69) is 37.9 Å². The molecule has 10 nitrogen and oxygen atoms in total. The molecule has 0 unspecified atom stereocenters. The summed E-state index contributed by atoms with van der Waals surface area (Å²) in [5.74, 6) is 2.65. The lowest BCUT2D eigenvalue weighted by Gasteiger charge is -2.11. The zero-order valence-electron chi connectivity index (χ0n) is 20.3. The number of alkyl carbamates (subject to hydrolysis) is 1. The lowest BCUT2D eigenvalue weighted by Crippen LogP contribution is -2.22. The monoisotopic (exact) mass is 510 g/mol. The van der Waals surface area contributed by atoms with E-state index in [1.54, 1.807) is 44.7 Å². The van der Waals surface area contributed by atoms with Crippen molar-refractivity contribution in [1.29, 1.82) is 0 Å². The summed E-state index contributed by atoms with van der Waals surface area (Å²) in [5.41, 5.74) is 2.48. The Labute approximate surface area is 212 Å². The smallest absolute Gasteiger partial charge is 0.407 e. The third-order valence-electron chi connectivity index (χ3n) is 5.27. The molecule has 0 aliphatic rings. The van der Waals surface area contributed by atoms with Gasteiger partial charge in [0.25, 0.3) is 0 Å². The molecule has 2 heterocycles. The highest BCUT2D eigenvalue weighted by molar-refractivity contribution is 8.00. The van der Waals surface area contributed by atoms with Crippen LogP contribution < -0.4 is 24.2 Å². The van der Waals surface area contributed by atoms with Gasteiger partial charge in [-0.3, -0.25) is 0 Å². The first-order valence-electron chi connectivity index (χ1n) is 11.1. The second-order valence-electron chi connectivity index (χ2n) is 7.52. The molecular formula is C25H26N4O6S. The molecule has 0 saturated heterocycles. The Balaban J connectivity index is 1.50. The highest BCUT2D eigenvalue weighted by Gasteiger charge is 2.18. The third-order valence-corrected chi connectivity index (χ3v) is 6.10. The molecule has 2 aromatic carbocycles. The van der Waals surface area contributed by atoms with Gasteiger partial charge in [0.2, 0.25) is 5.88 Å². The first-order valence-corrected chi connectivity index (χ1v) is 11.9. The molecule has 0 bridgehead atoms. The van der Waals surface area contributed by atoms with Crippen molar-refractivity contribution in [2.45, 2.75) is 24.8 Å². The minimum absolute atomic E-state index is 0.292. The van der Waals surface area contributed by atoms with Gasteiger partial charge in [-0.25, -0.2) is 9.78 Å². The van der Waals surface area contributed by atoms with Gasteiger partial charge in [0.15, 0.2) is 11.4 Å². The highest BCUT2D eigenvalue weighted by atomic mass is 32.2. The van der Waals surface area contributed by atoms with Gasteiger partial charge in [0.05, 0.1) is 26.2 Å². The van der Waals surface area contributed by atoms with Crippen LogP contribution in [0.1, 0.15) is 18.1 Å². The lowest BCUT2D eigenvalue weighted by molar-refractivity contribution is 0.170. The zero-order chi connectivity index (χ0) is 25.5. The fourth-order valence-corrected chi connectivity index (χ4v) is 4.18. The Morgan fingerprint density at radius 3 is 2.53 bits per heavy atom. The molecule has 1 amide bonds. The minimum atomic E-state index is -0.511. The van der Waals surface area contributed by atoms with E-state index in [1.165, 1.54) is 24.6 Å². The fraction of sp³-hybridized carbons (Fsp3) is 0.240. The molecule has 0 aliphatic heterocycles. The number of amides is 1. The molecule has 0 atom stereocenters. The van der Waals surface area contributed by atoms with Crippen molar-refractivity contribution >= 4 is 34.8 Å². The summed E-state index contributed by atoms with van der Waals surface area (Å²) in [6.07, 6.45) is 2.02. The van der Waals surface area contributed by atoms with E-state index in [4.69, 9.17) is 18.7 Å². The predicted octanol–water partition coefficient (Wildman–Crippen LogP) is 5.57. The van der Waals surface area contributed by atoms with Gasteiger partial charge < -0.3 is 33.5 Å². The number of nitrogens with one attached hydrogen (secondary N) is 2. The standard InChI is InChI=1S/C25H26N4O6S/c1-5-15-6-8-18(31-2)21(10-15)36-29-24-23-19(32-3)11-17(12-20(23)35-28-24)34-22-9-7-16(13-26-22)14-27-25(30)33-4/h6-13H,5,14H2,1-4H3,(H,27,30)(H,28,29). The van der Waals surface area contributed by atoms with Crippen LogP contribution in [0.15, 0.2) is 58.1 Å². The summed E-state index contributed by atoms with van der Waals surface area (Å²) in [6, 6.07) is 13.0. The number of nitrogens with zero attached hydrogens (tertiary/aromatic N) is 2. The Morgan fingerprint density at radius 1 is 1.03 bits per heavy atom. The van der Waals surface area contributed by atoms with Crippen LogP contribution in [-0.4, -0.2) is 37.6 Å². The van der Waals surface area contributed by atoms with Crippen LogP contribution >= 0.6 is 11.9 Å². The number of hydrogen-bond acceptors (Lipinski definition) is 10. The van der Waals surface area contributed by atoms with Crippen LogP contribution in [0.5, 0.6) is 23.1 Å². The SMILES string of the molecule is CCc1ccc(OC)c(SNc2noc3cc(Oc4ccc(CNC(=O)OC)cn4)cc(OC)c23)c1. The van der Waals surface area contributed by atoms with E-state index in [0.29, 0.717) is 40.7 Å². The second-order valence-corrected chi connectivity index (χ2v) is 8.37. The minimum Gasteiger partial charge on any atom is -0.496 e. The maximum atomic E-state index is 11.2. The summed E-state index contributed by atoms with van der Waals surface area (Å²) < 4.78 is 30.3. The quantitative estimate of drug-likeness (QED) is 0.262. The van der Waals surface area contributed by atoms with Gasteiger partial charge in [0.1, 0.15) is 22.6 Å². The molecule has 2 N–H and O–H groups in total. The Morgan fingerprint density at radius 2 is 1.83 bits per heavy atom. The molecule has 188 valence electrons. The van der Waals surface area contributed by atoms with E-state index in [-0.39, 0.29) is 0 Å². The normalized spacial score (nSPS) is 10.7. The average Bonchev–Trinajstić information content (AvgIpc) is 3.33. The van der Waals surface area contributed by atoms with Crippen molar-refractivity contribution in [2.75, 3.05) is 26.1 Å². The van der Waals surface area contributed by atoms with E-state index in [0.717, 1.165) is 22.6 Å². The van der Waals surface area contributed by atoms with Crippen LogP contribution in [0.2, 0.25) is 0 Å². The topological polar surface area (TPSA) is 117 Å². The van der Waals surface area contributed by atoms with Crippen LogP contribution in [0.4, 0.5) is 10.6 Å². The van der Waals surface area contributed by atoms with E-state index in [9.17, 15) is 4.79 Å². The largest absolute Gasteiger partial charge is 0.496 e. The third kappa shape index (κ3) is 5.74. The van der Waals surface area contributed by atoms with E-state index in [1.807, 2.05) is 12.1 Å². The van der Waals surface area contributed by atoms with Crippen LogP contribution in [-0.2, 0) is 17.7 Å². The predicted molar refractivity (Wildman–Crippen MR) is 136 cm³/mol. The Kier molecular flexibility index (Phi) is 8.01. The van der Waals surface area contributed by atoms with Crippen molar-refractivity contribution in [3.05, 3.63) is 59.8 Å². The molecule has 11 heteroatoms. The number of carbonyl (C=O) groups is 1. The highest BCUT2D eigenvalue weighted by Crippen LogP contribution is 2.39. The molecule has 0 spiro atoms. The van der Waals surface area contributed by atoms with E-state index >= 15 is 0 Å². The van der Waals surface area contributed by atoms with Crippen molar-refractivity contribution < 1.29 is 28.3 Å². The molecule has 36 heavy (non-hydrogen) atoms. The molecular weight excluding hydrogens is 484 g/mol. The van der Waals surface area contributed by atoms with Crippen LogP contribution in [0, 0.1) is 0 Å². The Bertz CT molecular complexity index is 1340. The number of rotatable bonds is 10. The number of fused-ring (bicyclic) bond motifs is 1. The number of ether oxygens (including phenoxy) is 4. The Hall–Kier alpha value is -4.12. The maximum Gasteiger partial charge on any atom is 0.407 e. The zero-order valence-corrected chi connectivity index (χ0v) is 21.1. The number of carbonyl (C=O) groups excluding carboxylic acids is 1. The fourth-order valence-electron chi connectivity index (χ4n) is 3.37. The second kappa shape index (κ2) is 11.5. The molecule has 0 saturated carbocycles. The van der Waals surface area contributed by atoms with Gasteiger partial charge in [-0.15, -0.1) is 0 Å². The van der Waals surface area contributed by atoms with Crippen LogP contribution in [0.25, 0.3) is 11.0 Å². The van der Waals surface area contributed by atoms with Crippen LogP contribution in [0.3, 0.4) is 0 Å². The molecule has 4 rings (SSSR count). The molecule has 0 radical (unpaired) electrons. The molecule has 2 aromatic heterocycles. The van der Waals surface area contributed by atoms with Crippen molar-refractivity contribution in [3.8, 4) is 23.1 Å². The number of aromatic nitrogens is 2. The lowest BCUT2D eigenvalue weighted by atomic mass is 10.2. The maximum absolute atomic E-state index is 11.2. The van der Waals surface area contributed by atoms with Gasteiger partial charge in [-0.2, -0.15) is 0 Å².